The third kappa shape index (κ3) is 2.80. The van der Waals surface area contributed by atoms with E-state index in [1.807, 2.05) is 0 Å². The smallest absolute Gasteiger partial charge is 0.219 e. The van der Waals surface area contributed by atoms with E-state index in [0.29, 0.717) is 6.04 Å². The number of piperazine rings is 1. The van der Waals surface area contributed by atoms with Crippen LogP contribution in [0.4, 0.5) is 0 Å². The van der Waals surface area contributed by atoms with Crippen LogP contribution >= 0.6 is 0 Å². The lowest BCUT2D eigenvalue weighted by molar-refractivity contribution is -0.138. The maximum atomic E-state index is 11.7. The van der Waals surface area contributed by atoms with Crippen molar-refractivity contribution in [3.8, 4) is 0 Å². The molecule has 0 aliphatic carbocycles. The molecular formula is C13H25N3O. The second-order valence-corrected chi connectivity index (χ2v) is 5.92. The molecule has 2 saturated heterocycles. The lowest BCUT2D eigenvalue weighted by Gasteiger charge is -2.48. The number of carbonyl (C=O) groups excluding carboxylic acids is 1. The fraction of sp³-hybridized carbons (Fsp3) is 0.923. The minimum atomic E-state index is 0.0381. The molecule has 2 fully saturated rings. The molecule has 1 N–H and O–H groups in total. The Balaban J connectivity index is 2.00. The summed E-state index contributed by atoms with van der Waals surface area (Å²) in [5, 5.41) is 3.38. The van der Waals surface area contributed by atoms with Gasteiger partial charge in [-0.3, -0.25) is 9.69 Å². The first-order valence-electron chi connectivity index (χ1n) is 6.74. The van der Waals surface area contributed by atoms with Crippen LogP contribution in [0.5, 0.6) is 0 Å². The van der Waals surface area contributed by atoms with Crippen molar-refractivity contribution >= 4 is 5.91 Å². The molecule has 2 heterocycles. The number of rotatable bonds is 1. The van der Waals surface area contributed by atoms with E-state index in [1.165, 1.54) is 6.42 Å². The minimum absolute atomic E-state index is 0.0381. The van der Waals surface area contributed by atoms with Gasteiger partial charge >= 0.3 is 0 Å². The van der Waals surface area contributed by atoms with Crippen molar-refractivity contribution in [1.29, 1.82) is 0 Å². The highest BCUT2D eigenvalue weighted by molar-refractivity contribution is 5.74. The van der Waals surface area contributed by atoms with Gasteiger partial charge in [0.2, 0.25) is 5.91 Å². The largest absolute Gasteiger partial charge is 0.336 e. The van der Waals surface area contributed by atoms with Crippen molar-refractivity contribution < 1.29 is 4.79 Å². The van der Waals surface area contributed by atoms with Crippen LogP contribution in [0.15, 0.2) is 0 Å². The van der Waals surface area contributed by atoms with Gasteiger partial charge in [0.05, 0.1) is 0 Å². The summed E-state index contributed by atoms with van der Waals surface area (Å²) in [4.78, 5) is 16.3. The van der Waals surface area contributed by atoms with Crippen molar-refractivity contribution in [1.82, 2.24) is 15.1 Å². The van der Waals surface area contributed by atoms with E-state index in [9.17, 15) is 4.79 Å². The minimum Gasteiger partial charge on any atom is -0.336 e. The van der Waals surface area contributed by atoms with Crippen LogP contribution in [0.1, 0.15) is 33.6 Å². The number of nitrogens with one attached hydrogen (secondary N) is 1. The van der Waals surface area contributed by atoms with E-state index in [-0.39, 0.29) is 11.4 Å². The Morgan fingerprint density at radius 1 is 1.29 bits per heavy atom. The molecule has 0 aromatic carbocycles. The molecule has 1 unspecified atom stereocenters. The van der Waals surface area contributed by atoms with E-state index >= 15 is 0 Å². The topological polar surface area (TPSA) is 35.6 Å². The highest BCUT2D eigenvalue weighted by atomic mass is 16.2. The Morgan fingerprint density at radius 2 is 1.94 bits per heavy atom. The fourth-order valence-corrected chi connectivity index (χ4v) is 3.10. The van der Waals surface area contributed by atoms with Crippen LogP contribution in [0.2, 0.25) is 0 Å². The Kier molecular flexibility index (Phi) is 3.73. The van der Waals surface area contributed by atoms with E-state index < -0.39 is 0 Å². The summed E-state index contributed by atoms with van der Waals surface area (Å²) in [5.74, 6) is 0.217. The summed E-state index contributed by atoms with van der Waals surface area (Å²) in [7, 11) is 0. The quantitative estimate of drug-likeness (QED) is 0.731. The van der Waals surface area contributed by atoms with E-state index in [0.717, 1.165) is 39.1 Å². The molecule has 0 bridgehead atoms. The number of likely N-dealkylation sites (tertiary alicyclic amines) is 1. The van der Waals surface area contributed by atoms with Crippen LogP contribution in [-0.2, 0) is 4.79 Å². The molecule has 0 saturated carbocycles. The number of carbonyl (C=O) groups is 1. The average Bonchev–Trinajstić information content (AvgIpc) is 2.29. The molecule has 1 atom stereocenters. The first kappa shape index (κ1) is 12.8. The third-order valence-corrected chi connectivity index (χ3v) is 4.26. The van der Waals surface area contributed by atoms with Crippen molar-refractivity contribution in [2.45, 2.75) is 45.2 Å². The molecule has 0 radical (unpaired) electrons. The lowest BCUT2D eigenvalue weighted by Crippen LogP contribution is -2.60. The van der Waals surface area contributed by atoms with Gasteiger partial charge in [0.15, 0.2) is 0 Å². The zero-order valence-corrected chi connectivity index (χ0v) is 11.3. The highest BCUT2D eigenvalue weighted by Gasteiger charge is 2.37. The molecule has 0 aromatic rings. The van der Waals surface area contributed by atoms with Gasteiger partial charge in [-0.05, 0) is 26.7 Å². The van der Waals surface area contributed by atoms with E-state index in [2.05, 4.69) is 29.0 Å². The fourth-order valence-electron chi connectivity index (χ4n) is 3.10. The molecule has 4 nitrogen and oxygen atoms in total. The average molecular weight is 239 g/mol. The predicted molar refractivity (Wildman–Crippen MR) is 68.9 cm³/mol. The van der Waals surface area contributed by atoms with Gasteiger partial charge in [0.25, 0.3) is 0 Å². The Labute approximate surface area is 104 Å². The number of amides is 1. The van der Waals surface area contributed by atoms with Crippen LogP contribution in [0.25, 0.3) is 0 Å². The van der Waals surface area contributed by atoms with Gasteiger partial charge in [0.1, 0.15) is 0 Å². The van der Waals surface area contributed by atoms with Gasteiger partial charge in [-0.1, -0.05) is 0 Å². The number of nitrogens with zero attached hydrogens (tertiary/aromatic N) is 2. The number of hydrogen-bond donors (Lipinski definition) is 1. The molecule has 17 heavy (non-hydrogen) atoms. The Bertz CT molecular complexity index is 284. The molecule has 4 heteroatoms. The zero-order chi connectivity index (χ0) is 12.5. The molecule has 2 aliphatic rings. The number of piperidine rings is 1. The SMILES string of the molecule is CC(=O)N1CC(N2CCNCC2)CCC1(C)C. The maximum Gasteiger partial charge on any atom is 0.219 e. The first-order valence-corrected chi connectivity index (χ1v) is 6.74. The van der Waals surface area contributed by atoms with Gasteiger partial charge in [0, 0.05) is 51.2 Å². The predicted octanol–water partition coefficient (Wildman–Crippen LogP) is 0.681. The van der Waals surface area contributed by atoms with Crippen molar-refractivity contribution in [2.24, 2.45) is 0 Å². The summed E-state index contributed by atoms with van der Waals surface area (Å²) >= 11 is 0. The molecule has 98 valence electrons. The van der Waals surface area contributed by atoms with Crippen LogP contribution in [0, 0.1) is 0 Å². The summed E-state index contributed by atoms with van der Waals surface area (Å²) < 4.78 is 0. The molecule has 2 rings (SSSR count). The standard InChI is InChI=1S/C13H25N3O/c1-11(17)16-10-12(4-5-13(16,2)3)15-8-6-14-7-9-15/h12,14H,4-10H2,1-3H3. The highest BCUT2D eigenvalue weighted by Crippen LogP contribution is 2.29. The summed E-state index contributed by atoms with van der Waals surface area (Å²) in [6.45, 7) is 11.4. The molecule has 1 amide bonds. The molecular weight excluding hydrogens is 214 g/mol. The summed E-state index contributed by atoms with van der Waals surface area (Å²) in [6, 6.07) is 0.564. The normalized spacial score (nSPS) is 30.3. The van der Waals surface area contributed by atoms with Crippen LogP contribution in [0.3, 0.4) is 0 Å². The van der Waals surface area contributed by atoms with Crippen LogP contribution < -0.4 is 5.32 Å². The molecule has 0 aromatic heterocycles. The van der Waals surface area contributed by atoms with Crippen molar-refractivity contribution in [3.63, 3.8) is 0 Å². The zero-order valence-electron chi connectivity index (χ0n) is 11.3. The van der Waals surface area contributed by atoms with Gasteiger partial charge < -0.3 is 10.2 Å². The monoisotopic (exact) mass is 239 g/mol. The van der Waals surface area contributed by atoms with Crippen LogP contribution in [-0.4, -0.2) is 60.0 Å². The molecule has 2 aliphatic heterocycles. The van der Waals surface area contributed by atoms with Crippen molar-refractivity contribution in [3.05, 3.63) is 0 Å². The van der Waals surface area contributed by atoms with E-state index in [4.69, 9.17) is 0 Å². The lowest BCUT2D eigenvalue weighted by atomic mass is 9.87. The summed E-state index contributed by atoms with van der Waals surface area (Å²) in [5.41, 5.74) is 0.0381. The maximum absolute atomic E-state index is 11.7. The number of hydrogen-bond acceptors (Lipinski definition) is 3. The Hall–Kier alpha value is -0.610. The third-order valence-electron chi connectivity index (χ3n) is 4.26. The summed E-state index contributed by atoms with van der Waals surface area (Å²) in [6.07, 6.45) is 2.33. The second kappa shape index (κ2) is 4.94. The second-order valence-electron chi connectivity index (χ2n) is 5.92. The Morgan fingerprint density at radius 3 is 2.53 bits per heavy atom. The first-order chi connectivity index (χ1) is 8.00. The van der Waals surface area contributed by atoms with Crippen molar-refractivity contribution in [2.75, 3.05) is 32.7 Å². The van der Waals surface area contributed by atoms with Gasteiger partial charge in [-0.2, -0.15) is 0 Å². The molecule has 0 spiro atoms. The van der Waals surface area contributed by atoms with E-state index in [1.54, 1.807) is 6.92 Å². The van der Waals surface area contributed by atoms with Gasteiger partial charge in [-0.15, -0.1) is 0 Å². The van der Waals surface area contributed by atoms with Gasteiger partial charge in [-0.25, -0.2) is 0 Å².